The SMILES string of the molecule is CCOC(=O)C1CCCN(CCCn2c(=O)c3c(ncn3C)n(C)c2=O)C1. The van der Waals surface area contributed by atoms with E-state index < -0.39 is 0 Å². The molecule has 0 bridgehead atoms. The lowest BCUT2D eigenvalue weighted by Gasteiger charge is -2.31. The van der Waals surface area contributed by atoms with E-state index in [4.69, 9.17) is 4.74 Å². The Kier molecular flexibility index (Phi) is 5.79. The predicted octanol–water partition coefficient (Wildman–Crippen LogP) is 0.0989. The van der Waals surface area contributed by atoms with Gasteiger partial charge in [-0.15, -0.1) is 0 Å². The van der Waals surface area contributed by atoms with Gasteiger partial charge in [-0.3, -0.25) is 18.7 Å². The molecule has 2 aromatic rings. The molecular formula is C18H27N5O4. The Bertz CT molecular complexity index is 942. The van der Waals surface area contributed by atoms with Crippen molar-refractivity contribution in [1.29, 1.82) is 0 Å². The van der Waals surface area contributed by atoms with Gasteiger partial charge in [0.05, 0.1) is 18.9 Å². The first-order chi connectivity index (χ1) is 12.9. The van der Waals surface area contributed by atoms with E-state index in [-0.39, 0.29) is 23.1 Å². The highest BCUT2D eigenvalue weighted by atomic mass is 16.5. The zero-order valence-electron chi connectivity index (χ0n) is 16.2. The lowest BCUT2D eigenvalue weighted by atomic mass is 9.98. The van der Waals surface area contributed by atoms with Gasteiger partial charge in [-0.1, -0.05) is 0 Å². The third-order valence-corrected chi connectivity index (χ3v) is 5.18. The van der Waals surface area contributed by atoms with Crippen LogP contribution in [0.15, 0.2) is 15.9 Å². The highest BCUT2D eigenvalue weighted by Gasteiger charge is 2.26. The Balaban J connectivity index is 1.67. The van der Waals surface area contributed by atoms with Crippen LogP contribution >= 0.6 is 0 Å². The number of ether oxygens (including phenoxy) is 1. The lowest BCUT2D eigenvalue weighted by molar-refractivity contribution is -0.149. The van der Waals surface area contributed by atoms with Gasteiger partial charge < -0.3 is 14.2 Å². The monoisotopic (exact) mass is 377 g/mol. The summed E-state index contributed by atoms with van der Waals surface area (Å²) in [5, 5.41) is 0. The number of aryl methyl sites for hydroxylation is 2. The van der Waals surface area contributed by atoms with Gasteiger partial charge in [0.15, 0.2) is 11.2 Å². The molecule has 1 unspecified atom stereocenters. The molecule has 9 heteroatoms. The smallest absolute Gasteiger partial charge is 0.332 e. The molecule has 0 N–H and O–H groups in total. The van der Waals surface area contributed by atoms with Crippen LogP contribution in [-0.4, -0.2) is 55.8 Å². The molecule has 0 saturated carbocycles. The van der Waals surface area contributed by atoms with E-state index >= 15 is 0 Å². The van der Waals surface area contributed by atoms with E-state index in [1.807, 2.05) is 6.92 Å². The van der Waals surface area contributed by atoms with Gasteiger partial charge in [-0.25, -0.2) is 9.78 Å². The van der Waals surface area contributed by atoms with Gasteiger partial charge in [0.1, 0.15) is 0 Å². The van der Waals surface area contributed by atoms with Gasteiger partial charge in [0.2, 0.25) is 0 Å². The minimum atomic E-state index is -0.353. The topological polar surface area (TPSA) is 91.4 Å². The van der Waals surface area contributed by atoms with E-state index in [1.54, 1.807) is 25.0 Å². The minimum absolute atomic E-state index is 0.0833. The number of carbonyl (C=O) groups is 1. The Labute approximate surface area is 157 Å². The Morgan fingerprint density at radius 3 is 2.81 bits per heavy atom. The number of hydrogen-bond acceptors (Lipinski definition) is 6. The molecule has 0 radical (unpaired) electrons. The number of rotatable bonds is 6. The van der Waals surface area contributed by atoms with Crippen molar-refractivity contribution in [3.63, 3.8) is 0 Å². The van der Waals surface area contributed by atoms with Crippen molar-refractivity contribution in [3.8, 4) is 0 Å². The molecule has 0 aromatic carbocycles. The molecule has 3 heterocycles. The third-order valence-electron chi connectivity index (χ3n) is 5.18. The summed E-state index contributed by atoms with van der Waals surface area (Å²) < 4.78 is 9.46. The average molecular weight is 377 g/mol. The van der Waals surface area contributed by atoms with Crippen LogP contribution in [0.1, 0.15) is 26.2 Å². The van der Waals surface area contributed by atoms with Crippen LogP contribution in [0.3, 0.4) is 0 Å². The van der Waals surface area contributed by atoms with Crippen LogP contribution in [0.25, 0.3) is 11.2 Å². The zero-order valence-corrected chi connectivity index (χ0v) is 16.2. The van der Waals surface area contributed by atoms with Crippen molar-refractivity contribution in [3.05, 3.63) is 27.2 Å². The summed E-state index contributed by atoms with van der Waals surface area (Å²) in [7, 11) is 3.37. The molecule has 2 aromatic heterocycles. The summed E-state index contributed by atoms with van der Waals surface area (Å²) in [5.74, 6) is -0.214. The molecule has 0 aliphatic carbocycles. The minimum Gasteiger partial charge on any atom is -0.466 e. The average Bonchev–Trinajstić information content (AvgIpc) is 3.05. The van der Waals surface area contributed by atoms with Crippen molar-refractivity contribution in [2.45, 2.75) is 32.7 Å². The van der Waals surface area contributed by atoms with Crippen molar-refractivity contribution in [2.75, 3.05) is 26.2 Å². The van der Waals surface area contributed by atoms with E-state index in [0.717, 1.165) is 25.9 Å². The van der Waals surface area contributed by atoms with Gasteiger partial charge >= 0.3 is 11.7 Å². The van der Waals surface area contributed by atoms with Crippen LogP contribution in [0.2, 0.25) is 0 Å². The second-order valence-electron chi connectivity index (χ2n) is 7.07. The van der Waals surface area contributed by atoms with Crippen LogP contribution < -0.4 is 11.2 Å². The van der Waals surface area contributed by atoms with Crippen molar-refractivity contribution in [1.82, 2.24) is 23.6 Å². The summed E-state index contributed by atoms with van der Waals surface area (Å²) in [4.78, 5) is 43.5. The number of fused-ring (bicyclic) bond motifs is 1. The van der Waals surface area contributed by atoms with Gasteiger partial charge in [-0.2, -0.15) is 0 Å². The summed E-state index contributed by atoms with van der Waals surface area (Å²) in [6.45, 7) is 4.88. The molecule has 1 atom stereocenters. The molecule has 1 saturated heterocycles. The summed E-state index contributed by atoms with van der Waals surface area (Å²) in [6.07, 6.45) is 4.01. The molecule has 1 aliphatic rings. The first-order valence-corrected chi connectivity index (χ1v) is 9.43. The quantitative estimate of drug-likeness (QED) is 0.663. The molecule has 1 fully saturated rings. The standard InChI is InChI=1S/C18H27N5O4/c1-4-27-17(25)13-7-5-8-22(11-13)9-6-10-23-16(24)14-15(19-12-20(14)2)21(3)18(23)26/h12-13H,4-11H2,1-3H3. The summed E-state index contributed by atoms with van der Waals surface area (Å²) in [5.41, 5.74) is 0.167. The summed E-state index contributed by atoms with van der Waals surface area (Å²) >= 11 is 0. The van der Waals surface area contributed by atoms with Crippen LogP contribution in [0.5, 0.6) is 0 Å². The van der Waals surface area contributed by atoms with Crippen LogP contribution in [-0.2, 0) is 30.2 Å². The molecule has 3 rings (SSSR count). The van der Waals surface area contributed by atoms with E-state index in [9.17, 15) is 14.4 Å². The summed E-state index contributed by atoms with van der Waals surface area (Å²) in [6, 6.07) is 0. The second kappa shape index (κ2) is 8.08. The number of imidazole rings is 1. The number of esters is 1. The van der Waals surface area contributed by atoms with E-state index in [1.165, 1.54) is 9.13 Å². The van der Waals surface area contributed by atoms with Crippen LogP contribution in [0.4, 0.5) is 0 Å². The molecule has 27 heavy (non-hydrogen) atoms. The number of nitrogens with zero attached hydrogens (tertiary/aromatic N) is 5. The molecule has 0 spiro atoms. The molecular weight excluding hydrogens is 350 g/mol. The van der Waals surface area contributed by atoms with Crippen LogP contribution in [0, 0.1) is 5.92 Å². The Hall–Kier alpha value is -2.42. The van der Waals surface area contributed by atoms with Crippen molar-refractivity contribution >= 4 is 17.1 Å². The highest BCUT2D eigenvalue weighted by molar-refractivity contribution is 5.72. The normalized spacial score (nSPS) is 18.1. The maximum absolute atomic E-state index is 12.7. The Morgan fingerprint density at radius 2 is 2.07 bits per heavy atom. The highest BCUT2D eigenvalue weighted by Crippen LogP contribution is 2.18. The first kappa shape index (κ1) is 19.3. The van der Waals surface area contributed by atoms with E-state index in [0.29, 0.717) is 37.3 Å². The number of hydrogen-bond donors (Lipinski definition) is 0. The fourth-order valence-corrected chi connectivity index (χ4v) is 3.76. The molecule has 0 amide bonds. The van der Waals surface area contributed by atoms with Gasteiger partial charge in [0.25, 0.3) is 5.56 Å². The number of carbonyl (C=O) groups excluding carboxylic acids is 1. The zero-order chi connectivity index (χ0) is 19.6. The van der Waals surface area contributed by atoms with Crippen molar-refractivity contribution < 1.29 is 9.53 Å². The fraction of sp³-hybridized carbons (Fsp3) is 0.667. The second-order valence-corrected chi connectivity index (χ2v) is 7.07. The predicted molar refractivity (Wildman–Crippen MR) is 101 cm³/mol. The number of piperidine rings is 1. The maximum atomic E-state index is 12.7. The molecule has 1 aliphatic heterocycles. The number of aromatic nitrogens is 4. The first-order valence-electron chi connectivity index (χ1n) is 9.43. The molecule has 9 nitrogen and oxygen atoms in total. The largest absolute Gasteiger partial charge is 0.466 e. The Morgan fingerprint density at radius 1 is 1.30 bits per heavy atom. The lowest BCUT2D eigenvalue weighted by Crippen LogP contribution is -2.42. The third kappa shape index (κ3) is 3.83. The maximum Gasteiger partial charge on any atom is 0.332 e. The van der Waals surface area contributed by atoms with Gasteiger partial charge in [0, 0.05) is 27.2 Å². The fourth-order valence-electron chi connectivity index (χ4n) is 3.76. The number of likely N-dealkylation sites (tertiary alicyclic amines) is 1. The molecule has 148 valence electrons. The van der Waals surface area contributed by atoms with Crippen molar-refractivity contribution in [2.24, 2.45) is 20.0 Å². The van der Waals surface area contributed by atoms with Gasteiger partial charge in [-0.05, 0) is 39.3 Å². The van der Waals surface area contributed by atoms with E-state index in [2.05, 4.69) is 9.88 Å².